The van der Waals surface area contributed by atoms with Gasteiger partial charge in [0.2, 0.25) is 11.3 Å². The Balaban J connectivity index is 1.56. The summed E-state index contributed by atoms with van der Waals surface area (Å²) in [5.74, 6) is -0.732. The summed E-state index contributed by atoms with van der Waals surface area (Å²) in [6.45, 7) is 0.566. The predicted octanol–water partition coefficient (Wildman–Crippen LogP) is 3.47. The molecule has 2 aliphatic heterocycles. The molecule has 0 aliphatic carbocycles. The molecular weight excluding hydrogens is 461 g/mol. The number of carbonyl (C=O) groups is 1. The third kappa shape index (κ3) is 5.96. The largest absolute Gasteiger partial charge is 0.476 e. The van der Waals surface area contributed by atoms with Gasteiger partial charge >= 0.3 is 5.51 Å². The molecule has 1 atom stereocenters. The van der Waals surface area contributed by atoms with Crippen LogP contribution in [0.15, 0.2) is 58.0 Å². The Morgan fingerprint density at radius 2 is 1.73 bits per heavy atom. The number of nitrogens with zero attached hydrogens (tertiary/aromatic N) is 1. The van der Waals surface area contributed by atoms with E-state index in [1.54, 1.807) is 12.1 Å². The van der Waals surface area contributed by atoms with E-state index in [4.69, 9.17) is 10.5 Å². The first-order valence-electron chi connectivity index (χ1n) is 8.90. The molecule has 30 heavy (non-hydrogen) atoms. The number of nitrogens with two attached hydrogens (primary N) is 1. The minimum atomic E-state index is -4.32. The highest BCUT2D eigenvalue weighted by Crippen LogP contribution is 2.38. The van der Waals surface area contributed by atoms with Gasteiger partial charge in [-0.25, -0.2) is 8.42 Å². The fraction of sp³-hybridized carbons (Fsp3) is 0.389. The lowest BCUT2D eigenvalue weighted by Gasteiger charge is -2.33. The van der Waals surface area contributed by atoms with Crippen molar-refractivity contribution in [1.82, 2.24) is 4.31 Å². The number of alkyl halides is 3. The molecule has 1 unspecified atom stereocenters. The van der Waals surface area contributed by atoms with Crippen LogP contribution in [-0.2, 0) is 19.6 Å². The maximum atomic E-state index is 12.8. The minimum absolute atomic E-state index is 0.0763. The number of ether oxygens (including phenoxy) is 1. The fourth-order valence-electron chi connectivity index (χ4n) is 3.02. The Labute approximate surface area is 180 Å². The zero-order valence-corrected chi connectivity index (χ0v) is 18.0. The summed E-state index contributed by atoms with van der Waals surface area (Å²) in [6.07, 6.45) is 4.82. The molecule has 1 amide bonds. The molecule has 2 aliphatic rings. The van der Waals surface area contributed by atoms with Gasteiger partial charge in [0.05, 0.1) is 6.26 Å². The fourth-order valence-corrected chi connectivity index (χ4v) is 6.22. The summed E-state index contributed by atoms with van der Waals surface area (Å²) in [5.41, 5.74) is -0.343. The first-order chi connectivity index (χ1) is 14.0. The predicted molar refractivity (Wildman–Crippen MR) is 109 cm³/mol. The number of halogens is 3. The monoisotopic (exact) mass is 480 g/mol. The van der Waals surface area contributed by atoms with Crippen molar-refractivity contribution in [1.29, 1.82) is 0 Å². The van der Waals surface area contributed by atoms with Crippen molar-refractivity contribution in [3.8, 4) is 0 Å². The average molecular weight is 481 g/mol. The third-order valence-corrected chi connectivity index (χ3v) is 8.48. The Kier molecular flexibility index (Phi) is 7.10. The molecule has 2 N–H and O–H groups in total. The van der Waals surface area contributed by atoms with Crippen LogP contribution in [0.2, 0.25) is 0 Å². The van der Waals surface area contributed by atoms with Crippen LogP contribution in [-0.4, -0.2) is 47.9 Å². The molecule has 1 aromatic rings. The van der Waals surface area contributed by atoms with E-state index in [2.05, 4.69) is 0 Å². The van der Waals surface area contributed by atoms with E-state index in [0.717, 1.165) is 11.2 Å². The van der Waals surface area contributed by atoms with E-state index in [1.807, 2.05) is 0 Å². The number of amides is 1. The Morgan fingerprint density at radius 3 is 2.30 bits per heavy atom. The molecule has 3 rings (SSSR count). The second-order valence-corrected chi connectivity index (χ2v) is 11.1. The van der Waals surface area contributed by atoms with Crippen LogP contribution in [0.3, 0.4) is 0 Å². The van der Waals surface area contributed by atoms with Gasteiger partial charge in [-0.15, -0.1) is 11.8 Å². The summed E-state index contributed by atoms with van der Waals surface area (Å²) in [4.78, 5) is 12.2. The summed E-state index contributed by atoms with van der Waals surface area (Å²) in [6, 6.07) is 6.13. The van der Waals surface area contributed by atoms with Crippen molar-refractivity contribution in [2.24, 2.45) is 5.73 Å². The highest BCUT2D eigenvalue weighted by Gasteiger charge is 2.36. The molecule has 164 valence electrons. The second kappa shape index (κ2) is 9.25. The smallest absolute Gasteiger partial charge is 0.446 e. The number of piperidine rings is 1. The van der Waals surface area contributed by atoms with Crippen LogP contribution in [0.4, 0.5) is 13.2 Å². The van der Waals surface area contributed by atoms with Crippen LogP contribution in [0, 0.1) is 0 Å². The molecule has 0 aromatic heterocycles. The molecule has 0 spiro atoms. The molecule has 0 saturated carbocycles. The third-order valence-electron chi connectivity index (χ3n) is 4.47. The van der Waals surface area contributed by atoms with Crippen molar-refractivity contribution >= 4 is 39.5 Å². The first kappa shape index (κ1) is 23.0. The Bertz CT molecular complexity index is 938. The number of carbonyl (C=O) groups excluding carboxylic acids is 1. The Morgan fingerprint density at radius 1 is 1.13 bits per heavy atom. The van der Waals surface area contributed by atoms with Crippen LogP contribution in [0.5, 0.6) is 0 Å². The number of hydrogen-bond donors (Lipinski definition) is 1. The van der Waals surface area contributed by atoms with Gasteiger partial charge in [0, 0.05) is 33.7 Å². The maximum Gasteiger partial charge on any atom is 0.446 e. The topological polar surface area (TPSA) is 89.7 Å². The van der Waals surface area contributed by atoms with Gasteiger partial charge in [-0.1, -0.05) is 0 Å². The van der Waals surface area contributed by atoms with Crippen LogP contribution < -0.4 is 5.73 Å². The van der Waals surface area contributed by atoms with Gasteiger partial charge in [0.1, 0.15) is 0 Å². The molecule has 6 nitrogen and oxygen atoms in total. The van der Waals surface area contributed by atoms with Crippen molar-refractivity contribution < 1.29 is 31.1 Å². The van der Waals surface area contributed by atoms with Gasteiger partial charge in [-0.2, -0.15) is 17.5 Å². The van der Waals surface area contributed by atoms with Crippen LogP contribution >= 0.6 is 23.5 Å². The lowest BCUT2D eigenvalue weighted by atomic mass is 10.2. The van der Waals surface area contributed by atoms with E-state index in [9.17, 15) is 26.4 Å². The first-order valence-corrected chi connectivity index (χ1v) is 12.1. The zero-order chi connectivity index (χ0) is 21.9. The minimum Gasteiger partial charge on any atom is -0.476 e. The molecule has 2 heterocycles. The van der Waals surface area contributed by atoms with Crippen LogP contribution in [0.1, 0.15) is 12.8 Å². The molecule has 0 bridgehead atoms. The van der Waals surface area contributed by atoms with Crippen molar-refractivity contribution in [2.45, 2.75) is 38.8 Å². The zero-order valence-electron chi connectivity index (χ0n) is 15.5. The highest BCUT2D eigenvalue weighted by molar-refractivity contribution is 8.00. The summed E-state index contributed by atoms with van der Waals surface area (Å²) < 4.78 is 69.3. The van der Waals surface area contributed by atoms with E-state index in [0.29, 0.717) is 12.8 Å². The molecule has 0 radical (unpaired) electrons. The maximum absolute atomic E-state index is 12.8. The van der Waals surface area contributed by atoms with Gasteiger partial charge in [0.25, 0.3) is 10.0 Å². The number of rotatable bonds is 6. The summed E-state index contributed by atoms with van der Waals surface area (Å²) in [7, 11) is -3.81. The standard InChI is InChI=1S/C18H19F3N2O4S3/c19-18(20,21)29-15-3-1-13(2-4-15)28-14-5-8-23(9-6-14)30(25,26)16-11-12(17(22)24)7-10-27-16/h1-4,7,10-11,14,16H,5-6,8-9H2,(H2,22,24). The molecule has 1 fully saturated rings. The van der Waals surface area contributed by atoms with Gasteiger partial charge in [0.15, 0.2) is 0 Å². The van der Waals surface area contributed by atoms with Gasteiger partial charge in [-0.3, -0.25) is 4.79 Å². The van der Waals surface area contributed by atoms with E-state index >= 15 is 0 Å². The number of benzene rings is 1. The lowest BCUT2D eigenvalue weighted by Crippen LogP contribution is -2.44. The second-order valence-electron chi connectivity index (χ2n) is 6.57. The average Bonchev–Trinajstić information content (AvgIpc) is 2.69. The molecule has 1 aromatic carbocycles. The van der Waals surface area contributed by atoms with Gasteiger partial charge < -0.3 is 10.5 Å². The molecule has 12 heteroatoms. The Hall–Kier alpha value is -1.63. The SMILES string of the molecule is NC(=O)C1=CC(S(=O)(=O)N2CCC(Sc3ccc(SC(F)(F)F)cc3)CC2)OC=C1. The summed E-state index contributed by atoms with van der Waals surface area (Å²) in [5, 5.41) is 0.140. The van der Waals surface area contributed by atoms with E-state index < -0.39 is 26.9 Å². The van der Waals surface area contributed by atoms with Crippen molar-refractivity contribution in [3.63, 3.8) is 0 Å². The summed E-state index contributed by atoms with van der Waals surface area (Å²) >= 11 is 1.36. The molecular formula is C18H19F3N2O4S3. The van der Waals surface area contributed by atoms with Crippen LogP contribution in [0.25, 0.3) is 0 Å². The van der Waals surface area contributed by atoms with Crippen molar-refractivity contribution in [2.75, 3.05) is 13.1 Å². The van der Waals surface area contributed by atoms with E-state index in [1.165, 1.54) is 40.4 Å². The highest BCUT2D eigenvalue weighted by atomic mass is 32.2. The normalized spacial score (nSPS) is 21.2. The molecule has 1 saturated heterocycles. The number of sulfonamides is 1. The number of thioether (sulfide) groups is 2. The number of hydrogen-bond acceptors (Lipinski definition) is 6. The number of primary amides is 1. The lowest BCUT2D eigenvalue weighted by molar-refractivity contribution is -0.114. The van der Waals surface area contributed by atoms with Gasteiger partial charge in [-0.05, 0) is 61.0 Å². The van der Waals surface area contributed by atoms with Crippen molar-refractivity contribution in [3.05, 3.63) is 48.3 Å². The quantitative estimate of drug-likeness (QED) is 0.628. The van der Waals surface area contributed by atoms with E-state index in [-0.39, 0.29) is 40.6 Å².